The minimum Gasteiger partial charge on any atom is -0.383 e. The van der Waals surface area contributed by atoms with Crippen molar-refractivity contribution < 1.29 is 5.11 Å². The normalized spacial score (nSPS) is 23.9. The number of β-amino-alcohol motifs (C(OH)–C–C–N with tert-alkyl or cyclic N) is 1. The van der Waals surface area contributed by atoms with E-state index in [2.05, 4.69) is 50.1 Å². The van der Waals surface area contributed by atoms with E-state index in [1.807, 2.05) is 6.07 Å². The van der Waals surface area contributed by atoms with Gasteiger partial charge in [-0.15, -0.1) is 11.3 Å². The second-order valence-electron chi connectivity index (χ2n) is 5.30. The first-order valence-corrected chi connectivity index (χ1v) is 8.43. The van der Waals surface area contributed by atoms with Crippen molar-refractivity contribution in [2.75, 3.05) is 13.1 Å². The molecule has 0 bridgehead atoms. The summed E-state index contributed by atoms with van der Waals surface area (Å²) in [7, 11) is 0. The van der Waals surface area contributed by atoms with Crippen molar-refractivity contribution in [1.82, 2.24) is 9.88 Å². The molecule has 20 heavy (non-hydrogen) atoms. The van der Waals surface area contributed by atoms with E-state index < -0.39 is 5.60 Å². The number of aromatic nitrogens is 1. The van der Waals surface area contributed by atoms with Crippen LogP contribution in [0.3, 0.4) is 0 Å². The van der Waals surface area contributed by atoms with Crippen LogP contribution in [0.4, 0.5) is 0 Å². The smallest absolute Gasteiger partial charge is 0.123 e. The van der Waals surface area contributed by atoms with Crippen LogP contribution in [0.2, 0.25) is 0 Å². The number of piperidine rings is 1. The molecule has 1 aromatic heterocycles. The van der Waals surface area contributed by atoms with Crippen LogP contribution in [0.15, 0.2) is 40.4 Å². The summed E-state index contributed by atoms with van der Waals surface area (Å²) in [5.41, 5.74) is 2.31. The lowest BCUT2D eigenvalue weighted by Gasteiger charge is -2.38. The average molecular weight is 353 g/mol. The van der Waals surface area contributed by atoms with Gasteiger partial charge in [0.1, 0.15) is 10.2 Å². The number of benzene rings is 1. The monoisotopic (exact) mass is 352 g/mol. The molecule has 1 unspecified atom stereocenters. The summed E-state index contributed by atoms with van der Waals surface area (Å²) in [6, 6.07) is 10.4. The van der Waals surface area contributed by atoms with Gasteiger partial charge in [-0.3, -0.25) is 4.90 Å². The highest BCUT2D eigenvalue weighted by molar-refractivity contribution is 9.10. The van der Waals surface area contributed by atoms with Gasteiger partial charge in [0.2, 0.25) is 0 Å². The second-order valence-corrected chi connectivity index (χ2v) is 6.91. The molecule has 5 heteroatoms. The van der Waals surface area contributed by atoms with Crippen molar-refractivity contribution >= 4 is 27.3 Å². The fraction of sp³-hybridized carbons (Fsp3) is 0.400. The Labute approximate surface area is 131 Å². The predicted octanol–water partition coefficient (Wildman–Crippen LogP) is 3.39. The van der Waals surface area contributed by atoms with E-state index in [1.165, 1.54) is 16.9 Å². The average Bonchev–Trinajstić information content (AvgIpc) is 2.87. The summed E-state index contributed by atoms with van der Waals surface area (Å²) in [5.74, 6) is 0. The minimum absolute atomic E-state index is 0.669. The van der Waals surface area contributed by atoms with E-state index in [1.54, 1.807) is 5.51 Å². The molecule has 2 heterocycles. The molecule has 0 spiro atoms. The Morgan fingerprint density at radius 3 is 2.85 bits per heavy atom. The molecule has 0 amide bonds. The number of likely N-dealkylation sites (tertiary alicyclic amines) is 1. The van der Waals surface area contributed by atoms with E-state index in [-0.39, 0.29) is 0 Å². The molecule has 0 radical (unpaired) electrons. The Balaban J connectivity index is 1.75. The summed E-state index contributed by atoms with van der Waals surface area (Å²) >= 11 is 4.97. The van der Waals surface area contributed by atoms with Gasteiger partial charge in [-0.05, 0) is 40.9 Å². The number of halogens is 1. The maximum Gasteiger partial charge on any atom is 0.123 e. The second kappa shape index (κ2) is 5.93. The lowest BCUT2D eigenvalue weighted by atomic mass is 9.91. The van der Waals surface area contributed by atoms with Crippen molar-refractivity contribution in [2.45, 2.75) is 25.0 Å². The number of nitrogens with zero attached hydrogens (tertiary/aromatic N) is 2. The Morgan fingerprint density at radius 1 is 1.35 bits per heavy atom. The SMILES string of the molecule is OC1(c2scnc2Br)CCCN(Cc2ccccc2)C1. The molecule has 3 rings (SSSR count). The van der Waals surface area contributed by atoms with Gasteiger partial charge in [-0.2, -0.15) is 0 Å². The number of aliphatic hydroxyl groups is 1. The molecule has 1 aliphatic rings. The Bertz CT molecular complexity index is 574. The summed E-state index contributed by atoms with van der Waals surface area (Å²) in [6.45, 7) is 2.59. The van der Waals surface area contributed by atoms with Crippen molar-refractivity contribution in [3.63, 3.8) is 0 Å². The number of hydrogen-bond acceptors (Lipinski definition) is 4. The molecular formula is C15H17BrN2OS. The number of rotatable bonds is 3. The third-order valence-electron chi connectivity index (χ3n) is 3.75. The maximum atomic E-state index is 11.0. The Hall–Kier alpha value is -0.750. The quantitative estimate of drug-likeness (QED) is 0.919. The fourth-order valence-electron chi connectivity index (χ4n) is 2.82. The number of hydrogen-bond donors (Lipinski definition) is 1. The van der Waals surface area contributed by atoms with Crippen LogP contribution in [0.5, 0.6) is 0 Å². The zero-order chi connectivity index (χ0) is 14.0. The highest BCUT2D eigenvalue weighted by Crippen LogP contribution is 2.38. The molecule has 1 fully saturated rings. The van der Waals surface area contributed by atoms with E-state index in [0.717, 1.165) is 35.4 Å². The molecule has 1 N–H and O–H groups in total. The van der Waals surface area contributed by atoms with E-state index in [4.69, 9.17) is 0 Å². The van der Waals surface area contributed by atoms with E-state index >= 15 is 0 Å². The topological polar surface area (TPSA) is 36.4 Å². The Morgan fingerprint density at radius 2 is 2.15 bits per heavy atom. The summed E-state index contributed by atoms with van der Waals surface area (Å²) in [4.78, 5) is 7.48. The third kappa shape index (κ3) is 2.96. The lowest BCUT2D eigenvalue weighted by Crippen LogP contribution is -2.45. The summed E-state index contributed by atoms with van der Waals surface area (Å²) in [5, 5.41) is 11.0. The van der Waals surface area contributed by atoms with Crippen LogP contribution < -0.4 is 0 Å². The molecule has 1 atom stereocenters. The largest absolute Gasteiger partial charge is 0.383 e. The maximum absolute atomic E-state index is 11.0. The third-order valence-corrected chi connectivity index (χ3v) is 5.63. The van der Waals surface area contributed by atoms with Crippen molar-refractivity contribution in [3.05, 3.63) is 50.9 Å². The number of thiazole rings is 1. The van der Waals surface area contributed by atoms with Gasteiger partial charge >= 0.3 is 0 Å². The standard InChI is InChI=1S/C15H17BrN2OS/c16-14-13(20-11-17-14)15(19)7-4-8-18(10-15)9-12-5-2-1-3-6-12/h1-3,5-6,11,19H,4,7-10H2. The van der Waals surface area contributed by atoms with Crippen LogP contribution in [0.1, 0.15) is 23.3 Å². The van der Waals surface area contributed by atoms with Gasteiger partial charge in [-0.25, -0.2) is 4.98 Å². The van der Waals surface area contributed by atoms with Crippen molar-refractivity contribution in [1.29, 1.82) is 0 Å². The molecule has 1 saturated heterocycles. The fourth-order valence-corrected chi connectivity index (χ4v) is 4.51. The van der Waals surface area contributed by atoms with E-state index in [9.17, 15) is 5.11 Å². The van der Waals surface area contributed by atoms with Crippen LogP contribution in [-0.2, 0) is 12.1 Å². The zero-order valence-corrected chi connectivity index (χ0v) is 13.5. The van der Waals surface area contributed by atoms with E-state index in [0.29, 0.717) is 6.54 Å². The van der Waals surface area contributed by atoms with Crippen LogP contribution >= 0.6 is 27.3 Å². The molecule has 1 aromatic carbocycles. The van der Waals surface area contributed by atoms with Gasteiger partial charge in [0.15, 0.2) is 0 Å². The van der Waals surface area contributed by atoms with Gasteiger partial charge in [-0.1, -0.05) is 30.3 Å². The highest BCUT2D eigenvalue weighted by atomic mass is 79.9. The van der Waals surface area contributed by atoms with Crippen molar-refractivity contribution in [2.24, 2.45) is 0 Å². The van der Waals surface area contributed by atoms with Crippen LogP contribution in [0, 0.1) is 0 Å². The minimum atomic E-state index is -0.771. The summed E-state index contributed by atoms with van der Waals surface area (Å²) < 4.78 is 0.784. The lowest BCUT2D eigenvalue weighted by molar-refractivity contribution is -0.0359. The first-order valence-electron chi connectivity index (χ1n) is 6.75. The summed E-state index contributed by atoms with van der Waals surface area (Å²) in [6.07, 6.45) is 1.81. The molecule has 3 nitrogen and oxygen atoms in total. The molecule has 106 valence electrons. The molecule has 0 aliphatic carbocycles. The van der Waals surface area contributed by atoms with Gasteiger partial charge in [0.25, 0.3) is 0 Å². The van der Waals surface area contributed by atoms with Crippen LogP contribution in [-0.4, -0.2) is 28.1 Å². The van der Waals surface area contributed by atoms with Gasteiger partial charge in [0.05, 0.1) is 10.4 Å². The van der Waals surface area contributed by atoms with Gasteiger partial charge < -0.3 is 5.11 Å². The molecule has 2 aromatic rings. The Kier molecular flexibility index (Phi) is 4.21. The molecule has 0 saturated carbocycles. The molecule has 1 aliphatic heterocycles. The first kappa shape index (κ1) is 14.2. The molecular weight excluding hydrogens is 336 g/mol. The zero-order valence-electron chi connectivity index (χ0n) is 11.1. The van der Waals surface area contributed by atoms with Gasteiger partial charge in [0, 0.05) is 13.1 Å². The highest BCUT2D eigenvalue weighted by Gasteiger charge is 2.37. The van der Waals surface area contributed by atoms with Crippen LogP contribution in [0.25, 0.3) is 0 Å². The first-order chi connectivity index (χ1) is 9.67. The predicted molar refractivity (Wildman–Crippen MR) is 84.7 cm³/mol. The van der Waals surface area contributed by atoms with Crippen molar-refractivity contribution in [3.8, 4) is 0 Å².